The minimum atomic E-state index is 0.365. The number of anilines is 2. The molecule has 3 rings (SSSR count). The third-order valence-electron chi connectivity index (χ3n) is 4.08. The van der Waals surface area contributed by atoms with Gasteiger partial charge in [-0.2, -0.15) is 9.64 Å². The lowest BCUT2D eigenvalue weighted by Gasteiger charge is -2.32. The molecular weight excluding hydrogens is 280 g/mol. The molecule has 1 aliphatic heterocycles. The molecule has 2 aromatic rings. The summed E-state index contributed by atoms with van der Waals surface area (Å²) in [6.07, 6.45) is 3.44. The lowest BCUT2D eigenvalue weighted by atomic mass is 9.90. The summed E-state index contributed by atoms with van der Waals surface area (Å²) in [4.78, 5) is 2.26. The van der Waals surface area contributed by atoms with E-state index in [0.29, 0.717) is 11.4 Å². The van der Waals surface area contributed by atoms with Crippen LogP contribution in [0.2, 0.25) is 0 Å². The molecule has 0 saturated carbocycles. The van der Waals surface area contributed by atoms with Gasteiger partial charge in [0, 0.05) is 13.1 Å². The van der Waals surface area contributed by atoms with Gasteiger partial charge in [0.05, 0.1) is 0 Å². The van der Waals surface area contributed by atoms with Crippen LogP contribution in [0.15, 0.2) is 30.3 Å². The number of nitrogen functional groups attached to an aromatic ring is 1. The Labute approximate surface area is 129 Å². The monoisotopic (exact) mass is 298 g/mol. The van der Waals surface area contributed by atoms with E-state index >= 15 is 0 Å². The maximum Gasteiger partial charge on any atom is 0.157 e. The molecule has 1 saturated heterocycles. The quantitative estimate of drug-likeness (QED) is 0.945. The number of hydrogen-bond acceptors (Lipinski definition) is 5. The molecule has 108 valence electrons. The Morgan fingerprint density at radius 3 is 2.67 bits per heavy atom. The second-order valence-electron chi connectivity index (χ2n) is 5.48. The molecule has 0 amide bonds. The van der Waals surface area contributed by atoms with Gasteiger partial charge in [-0.3, -0.25) is 0 Å². The van der Waals surface area contributed by atoms with Crippen molar-refractivity contribution in [2.24, 2.45) is 5.92 Å². The first kappa shape index (κ1) is 13.9. The van der Waals surface area contributed by atoms with Crippen molar-refractivity contribution in [2.45, 2.75) is 19.3 Å². The summed E-state index contributed by atoms with van der Waals surface area (Å²) in [6.45, 7) is 1.96. The Bertz CT molecular complexity index is 636. The van der Waals surface area contributed by atoms with E-state index in [-0.39, 0.29) is 0 Å². The molecular formula is C16H18N4S. The van der Waals surface area contributed by atoms with Crippen LogP contribution in [0.5, 0.6) is 0 Å². The normalized spacial score (nSPS) is 15.9. The molecule has 4 nitrogen and oxygen atoms in total. The van der Waals surface area contributed by atoms with E-state index < -0.39 is 0 Å². The van der Waals surface area contributed by atoms with E-state index in [2.05, 4.69) is 45.7 Å². The molecule has 0 radical (unpaired) electrons. The summed E-state index contributed by atoms with van der Waals surface area (Å²) in [5, 5.41) is 10.1. The van der Waals surface area contributed by atoms with Crippen molar-refractivity contribution >= 4 is 22.4 Å². The van der Waals surface area contributed by atoms with Gasteiger partial charge in [0.1, 0.15) is 16.6 Å². The van der Waals surface area contributed by atoms with Crippen molar-refractivity contribution in [3.8, 4) is 6.07 Å². The van der Waals surface area contributed by atoms with Gasteiger partial charge in [-0.05, 0) is 42.3 Å². The number of nitrogens with two attached hydrogens (primary N) is 1. The lowest BCUT2D eigenvalue weighted by molar-refractivity contribution is 0.404. The van der Waals surface area contributed by atoms with Gasteiger partial charge >= 0.3 is 0 Å². The average molecular weight is 298 g/mol. The fourth-order valence-electron chi connectivity index (χ4n) is 2.90. The van der Waals surface area contributed by atoms with Gasteiger partial charge < -0.3 is 10.6 Å². The predicted molar refractivity (Wildman–Crippen MR) is 86.3 cm³/mol. The molecule has 2 N–H and O–H groups in total. The summed E-state index contributed by atoms with van der Waals surface area (Å²) in [7, 11) is 0. The average Bonchev–Trinajstić information content (AvgIpc) is 2.90. The van der Waals surface area contributed by atoms with Crippen molar-refractivity contribution in [3.05, 3.63) is 41.5 Å². The highest BCUT2D eigenvalue weighted by Crippen LogP contribution is 2.33. The third-order valence-corrected chi connectivity index (χ3v) is 5.00. The van der Waals surface area contributed by atoms with Crippen LogP contribution in [-0.4, -0.2) is 17.5 Å². The van der Waals surface area contributed by atoms with Gasteiger partial charge in [-0.15, -0.1) is 0 Å². The van der Waals surface area contributed by atoms with Crippen molar-refractivity contribution < 1.29 is 0 Å². The number of nitrogens with zero attached hydrogens (tertiary/aromatic N) is 3. The maximum absolute atomic E-state index is 9.18. The Morgan fingerprint density at radius 2 is 2.00 bits per heavy atom. The first-order valence-electron chi connectivity index (χ1n) is 7.22. The smallest absolute Gasteiger partial charge is 0.157 e. The molecule has 21 heavy (non-hydrogen) atoms. The summed E-state index contributed by atoms with van der Waals surface area (Å²) in [6, 6.07) is 12.8. The summed E-state index contributed by atoms with van der Waals surface area (Å²) < 4.78 is 4.10. The first-order valence-corrected chi connectivity index (χ1v) is 7.99. The van der Waals surface area contributed by atoms with Gasteiger partial charge in [0.25, 0.3) is 0 Å². The van der Waals surface area contributed by atoms with E-state index in [4.69, 9.17) is 5.73 Å². The molecule has 0 aliphatic carbocycles. The van der Waals surface area contributed by atoms with Gasteiger partial charge in [0.2, 0.25) is 0 Å². The summed E-state index contributed by atoms with van der Waals surface area (Å²) >= 11 is 1.34. The molecule has 0 unspecified atom stereocenters. The number of rotatable bonds is 3. The molecule has 1 aliphatic rings. The summed E-state index contributed by atoms with van der Waals surface area (Å²) in [5.74, 6) is 1.09. The SMILES string of the molecule is N#Cc1c(N)nsc1N1CCC(Cc2ccccc2)CC1. The Balaban J connectivity index is 1.62. The summed E-state index contributed by atoms with van der Waals surface area (Å²) in [5.41, 5.74) is 7.69. The van der Waals surface area contributed by atoms with E-state index in [0.717, 1.165) is 43.3 Å². The molecule has 2 heterocycles. The van der Waals surface area contributed by atoms with Crippen LogP contribution in [0.4, 0.5) is 10.8 Å². The van der Waals surface area contributed by atoms with Crippen LogP contribution in [0, 0.1) is 17.2 Å². The highest BCUT2D eigenvalue weighted by molar-refractivity contribution is 7.10. The molecule has 0 bridgehead atoms. The number of aromatic nitrogens is 1. The second kappa shape index (κ2) is 6.15. The molecule has 1 aromatic heterocycles. The minimum absolute atomic E-state index is 0.365. The maximum atomic E-state index is 9.18. The molecule has 1 fully saturated rings. The fraction of sp³-hybridized carbons (Fsp3) is 0.375. The highest BCUT2D eigenvalue weighted by Gasteiger charge is 2.24. The fourth-order valence-corrected chi connectivity index (χ4v) is 3.72. The van der Waals surface area contributed by atoms with Crippen LogP contribution in [-0.2, 0) is 6.42 Å². The largest absolute Gasteiger partial charge is 0.382 e. The lowest BCUT2D eigenvalue weighted by Crippen LogP contribution is -2.34. The van der Waals surface area contributed by atoms with Crippen molar-refractivity contribution in [2.75, 3.05) is 23.7 Å². The van der Waals surface area contributed by atoms with Gasteiger partial charge in [0.15, 0.2) is 5.82 Å². The predicted octanol–water partition coefficient (Wildman–Crippen LogP) is 3.06. The van der Waals surface area contributed by atoms with Crippen LogP contribution in [0.3, 0.4) is 0 Å². The van der Waals surface area contributed by atoms with Crippen molar-refractivity contribution in [1.29, 1.82) is 5.26 Å². The molecule has 0 atom stereocenters. The minimum Gasteiger partial charge on any atom is -0.382 e. The number of hydrogen-bond donors (Lipinski definition) is 1. The standard InChI is InChI=1S/C16H18N4S/c17-11-14-15(18)19-21-16(14)20-8-6-13(7-9-20)10-12-4-2-1-3-5-12/h1-5,13H,6-10H2,(H2,18,19). The highest BCUT2D eigenvalue weighted by atomic mass is 32.1. The van der Waals surface area contributed by atoms with E-state index in [1.165, 1.54) is 17.1 Å². The zero-order valence-corrected chi connectivity index (χ0v) is 12.6. The van der Waals surface area contributed by atoms with Crippen LogP contribution >= 0.6 is 11.5 Å². The van der Waals surface area contributed by atoms with E-state index in [9.17, 15) is 5.26 Å². The third kappa shape index (κ3) is 3.01. The molecule has 1 aromatic carbocycles. The zero-order valence-electron chi connectivity index (χ0n) is 11.8. The first-order chi connectivity index (χ1) is 10.3. The molecule has 5 heteroatoms. The topological polar surface area (TPSA) is 65.9 Å². The van der Waals surface area contributed by atoms with Crippen LogP contribution in [0.1, 0.15) is 24.0 Å². The van der Waals surface area contributed by atoms with Gasteiger partial charge in [-0.25, -0.2) is 0 Å². The Kier molecular flexibility index (Phi) is 4.07. The zero-order chi connectivity index (χ0) is 14.7. The van der Waals surface area contributed by atoms with Crippen LogP contribution in [0.25, 0.3) is 0 Å². The van der Waals surface area contributed by atoms with Gasteiger partial charge in [-0.1, -0.05) is 30.3 Å². The second-order valence-corrected chi connectivity index (χ2v) is 6.23. The number of nitriles is 1. The Hall–Kier alpha value is -2.06. The molecule has 0 spiro atoms. The Morgan fingerprint density at radius 1 is 1.29 bits per heavy atom. The van der Waals surface area contributed by atoms with E-state index in [1.54, 1.807) is 0 Å². The van der Waals surface area contributed by atoms with Crippen LogP contribution < -0.4 is 10.6 Å². The van der Waals surface area contributed by atoms with E-state index in [1.807, 2.05) is 0 Å². The van der Waals surface area contributed by atoms with Crippen molar-refractivity contribution in [1.82, 2.24) is 4.37 Å². The number of benzene rings is 1. The number of piperidine rings is 1. The van der Waals surface area contributed by atoms with Crippen molar-refractivity contribution in [3.63, 3.8) is 0 Å².